The Morgan fingerprint density at radius 3 is 2.64 bits per heavy atom. The fourth-order valence-electron chi connectivity index (χ4n) is 1.98. The van der Waals surface area contributed by atoms with Gasteiger partial charge < -0.3 is 5.84 Å². The van der Waals surface area contributed by atoms with Crippen LogP contribution >= 0.6 is 35.0 Å². The van der Waals surface area contributed by atoms with Crippen LogP contribution in [0.3, 0.4) is 0 Å². The van der Waals surface area contributed by atoms with E-state index >= 15 is 0 Å². The molecule has 2 aromatic carbocycles. The number of benzene rings is 2. The molecule has 112 valence electrons. The number of nitrogen functional groups attached to an aromatic ring is 1. The standard InChI is InChI=1S/C15H12Cl2N4S/c16-11-5-3-4-10(8-11)9-22-15-20-19-14(21(15)18)12-6-1-2-7-13(12)17/h1-8H,9,18H2. The zero-order valence-electron chi connectivity index (χ0n) is 11.4. The van der Waals surface area contributed by atoms with E-state index in [-0.39, 0.29) is 0 Å². The van der Waals surface area contributed by atoms with Crippen molar-refractivity contribution in [3.05, 3.63) is 64.1 Å². The predicted molar refractivity (Wildman–Crippen MR) is 91.6 cm³/mol. The molecule has 2 N–H and O–H groups in total. The number of nitrogens with zero attached hydrogens (tertiary/aromatic N) is 3. The van der Waals surface area contributed by atoms with Crippen molar-refractivity contribution >= 4 is 35.0 Å². The van der Waals surface area contributed by atoms with Crippen molar-refractivity contribution in [3.63, 3.8) is 0 Å². The average molecular weight is 351 g/mol. The number of rotatable bonds is 4. The SMILES string of the molecule is Nn1c(SCc2cccc(Cl)c2)nnc1-c1ccccc1Cl. The van der Waals surface area contributed by atoms with Gasteiger partial charge in [0.15, 0.2) is 5.82 Å². The largest absolute Gasteiger partial charge is 0.335 e. The number of hydrogen-bond donors (Lipinski definition) is 1. The van der Waals surface area contributed by atoms with Gasteiger partial charge in [-0.25, -0.2) is 4.68 Å². The van der Waals surface area contributed by atoms with Crippen LogP contribution in [0.5, 0.6) is 0 Å². The van der Waals surface area contributed by atoms with E-state index in [0.717, 1.165) is 11.1 Å². The van der Waals surface area contributed by atoms with Crippen LogP contribution in [0, 0.1) is 0 Å². The van der Waals surface area contributed by atoms with Crippen LogP contribution in [0.25, 0.3) is 11.4 Å². The number of thioether (sulfide) groups is 1. The summed E-state index contributed by atoms with van der Waals surface area (Å²) in [5.41, 5.74) is 1.86. The van der Waals surface area contributed by atoms with Crippen LogP contribution in [0.2, 0.25) is 10.0 Å². The molecule has 0 atom stereocenters. The lowest BCUT2D eigenvalue weighted by Crippen LogP contribution is -2.11. The van der Waals surface area contributed by atoms with Gasteiger partial charge in [0.25, 0.3) is 0 Å². The first-order chi connectivity index (χ1) is 10.6. The molecule has 0 saturated heterocycles. The first-order valence-corrected chi connectivity index (χ1v) is 8.22. The molecule has 22 heavy (non-hydrogen) atoms. The van der Waals surface area contributed by atoms with Crippen LogP contribution in [0.4, 0.5) is 0 Å². The van der Waals surface area contributed by atoms with Gasteiger partial charge in [-0.1, -0.05) is 59.2 Å². The smallest absolute Gasteiger partial charge is 0.210 e. The minimum absolute atomic E-state index is 0.541. The molecular weight excluding hydrogens is 339 g/mol. The van der Waals surface area contributed by atoms with E-state index in [1.807, 2.05) is 42.5 Å². The van der Waals surface area contributed by atoms with Gasteiger partial charge in [-0.05, 0) is 29.8 Å². The Labute approximate surface area is 142 Å². The van der Waals surface area contributed by atoms with Gasteiger partial charge in [-0.2, -0.15) is 0 Å². The molecule has 0 unspecified atom stereocenters. The van der Waals surface area contributed by atoms with Gasteiger partial charge >= 0.3 is 0 Å². The van der Waals surface area contributed by atoms with E-state index in [9.17, 15) is 0 Å². The fraction of sp³-hybridized carbons (Fsp3) is 0.0667. The van der Waals surface area contributed by atoms with Crippen LogP contribution < -0.4 is 5.84 Å². The minimum atomic E-state index is 0.541. The van der Waals surface area contributed by atoms with E-state index in [1.54, 1.807) is 6.07 Å². The zero-order valence-corrected chi connectivity index (χ0v) is 13.7. The molecule has 3 rings (SSSR count). The van der Waals surface area contributed by atoms with Gasteiger partial charge in [0.1, 0.15) is 0 Å². The maximum Gasteiger partial charge on any atom is 0.210 e. The molecule has 0 spiro atoms. The Morgan fingerprint density at radius 1 is 1.05 bits per heavy atom. The fourth-order valence-corrected chi connectivity index (χ4v) is 3.21. The van der Waals surface area contributed by atoms with Gasteiger partial charge in [-0.3, -0.25) is 0 Å². The van der Waals surface area contributed by atoms with E-state index in [0.29, 0.717) is 26.8 Å². The van der Waals surface area contributed by atoms with Crippen molar-refractivity contribution in [1.29, 1.82) is 0 Å². The van der Waals surface area contributed by atoms with Gasteiger partial charge in [0, 0.05) is 16.3 Å². The summed E-state index contributed by atoms with van der Waals surface area (Å²) in [6, 6.07) is 15.1. The molecule has 0 saturated carbocycles. The minimum Gasteiger partial charge on any atom is -0.335 e. The topological polar surface area (TPSA) is 56.7 Å². The highest BCUT2D eigenvalue weighted by Crippen LogP contribution is 2.28. The van der Waals surface area contributed by atoms with Crippen LogP contribution in [0.15, 0.2) is 53.7 Å². The van der Waals surface area contributed by atoms with Crippen molar-refractivity contribution in [2.45, 2.75) is 10.9 Å². The highest BCUT2D eigenvalue weighted by molar-refractivity contribution is 7.98. The van der Waals surface area contributed by atoms with Crippen molar-refractivity contribution < 1.29 is 0 Å². The molecule has 0 bridgehead atoms. The molecule has 0 aliphatic heterocycles. The summed E-state index contributed by atoms with van der Waals surface area (Å²) in [4.78, 5) is 0. The number of hydrogen-bond acceptors (Lipinski definition) is 4. The number of aromatic nitrogens is 3. The lowest BCUT2D eigenvalue weighted by Gasteiger charge is -2.05. The van der Waals surface area contributed by atoms with Crippen molar-refractivity contribution in [1.82, 2.24) is 14.9 Å². The van der Waals surface area contributed by atoms with Gasteiger partial charge in [0.2, 0.25) is 5.16 Å². The third kappa shape index (κ3) is 3.21. The summed E-state index contributed by atoms with van der Waals surface area (Å²) in [6.07, 6.45) is 0. The van der Waals surface area contributed by atoms with E-state index in [4.69, 9.17) is 29.0 Å². The maximum atomic E-state index is 6.17. The monoisotopic (exact) mass is 350 g/mol. The lowest BCUT2D eigenvalue weighted by atomic mass is 10.2. The molecule has 1 heterocycles. The zero-order chi connectivity index (χ0) is 15.5. The Morgan fingerprint density at radius 2 is 1.86 bits per heavy atom. The Bertz CT molecular complexity index is 804. The average Bonchev–Trinajstić information content (AvgIpc) is 2.87. The van der Waals surface area contributed by atoms with Crippen molar-refractivity contribution in [2.24, 2.45) is 0 Å². The summed E-state index contributed by atoms with van der Waals surface area (Å²) in [6.45, 7) is 0. The highest BCUT2D eigenvalue weighted by atomic mass is 35.5. The molecule has 0 aliphatic rings. The number of halogens is 2. The second-order valence-corrected chi connectivity index (χ2v) is 6.36. The molecule has 1 aromatic heterocycles. The Hall–Kier alpha value is -1.69. The van der Waals surface area contributed by atoms with Crippen LogP contribution in [-0.4, -0.2) is 14.9 Å². The molecule has 0 radical (unpaired) electrons. The van der Waals surface area contributed by atoms with Gasteiger partial charge in [-0.15, -0.1) is 10.2 Å². The second kappa shape index (κ2) is 6.60. The summed E-state index contributed by atoms with van der Waals surface area (Å²) in [5, 5.41) is 10.2. The van der Waals surface area contributed by atoms with Crippen LogP contribution in [0.1, 0.15) is 5.56 Å². The molecule has 0 fully saturated rings. The molecule has 0 amide bonds. The second-order valence-electron chi connectivity index (χ2n) is 4.57. The first-order valence-electron chi connectivity index (χ1n) is 6.48. The summed E-state index contributed by atoms with van der Waals surface area (Å²) in [5.74, 6) is 7.33. The highest BCUT2D eigenvalue weighted by Gasteiger charge is 2.14. The maximum absolute atomic E-state index is 6.17. The normalized spacial score (nSPS) is 10.8. The first kappa shape index (κ1) is 15.2. The van der Waals surface area contributed by atoms with Crippen molar-refractivity contribution in [2.75, 3.05) is 5.84 Å². The number of nitrogens with two attached hydrogens (primary N) is 1. The molecule has 0 aliphatic carbocycles. The molecule has 7 heteroatoms. The molecule has 3 aromatic rings. The third-order valence-corrected chi connectivity index (χ3v) is 4.62. The summed E-state index contributed by atoms with van der Waals surface area (Å²) in [7, 11) is 0. The Balaban J connectivity index is 1.81. The molecular formula is C15H12Cl2N4S. The molecule has 4 nitrogen and oxygen atoms in total. The summed E-state index contributed by atoms with van der Waals surface area (Å²) < 4.78 is 1.45. The summed E-state index contributed by atoms with van der Waals surface area (Å²) >= 11 is 13.6. The van der Waals surface area contributed by atoms with E-state index < -0.39 is 0 Å². The van der Waals surface area contributed by atoms with Crippen LogP contribution in [-0.2, 0) is 5.75 Å². The Kier molecular flexibility index (Phi) is 4.57. The predicted octanol–water partition coefficient (Wildman–Crippen LogP) is 4.26. The third-order valence-electron chi connectivity index (χ3n) is 3.04. The lowest BCUT2D eigenvalue weighted by molar-refractivity contribution is 0.849. The van der Waals surface area contributed by atoms with Gasteiger partial charge in [0.05, 0.1) is 5.02 Å². The van der Waals surface area contributed by atoms with E-state index in [1.165, 1.54) is 16.4 Å². The van der Waals surface area contributed by atoms with Crippen molar-refractivity contribution in [3.8, 4) is 11.4 Å². The van der Waals surface area contributed by atoms with E-state index in [2.05, 4.69) is 10.2 Å². The quantitative estimate of drug-likeness (QED) is 0.564.